The van der Waals surface area contributed by atoms with Gasteiger partial charge in [-0.2, -0.15) is 5.10 Å². The molecule has 4 heteroatoms. The van der Waals surface area contributed by atoms with Crippen LogP contribution in [0.15, 0.2) is 6.20 Å². The maximum Gasteiger partial charge on any atom is 0.214 e. The van der Waals surface area contributed by atoms with Crippen LogP contribution in [0.4, 0.5) is 0 Å². The molecule has 1 aliphatic heterocycles. The van der Waals surface area contributed by atoms with Crippen LogP contribution in [-0.2, 0) is 6.54 Å². The topological polar surface area (TPSA) is 30.3 Å². The Morgan fingerprint density at radius 2 is 2.38 bits per heavy atom. The van der Waals surface area contributed by atoms with Gasteiger partial charge in [0.05, 0.1) is 18.8 Å². The zero-order valence-corrected chi connectivity index (χ0v) is 8.32. The number of fused-ring (bicyclic) bond motifs is 1. The van der Waals surface area contributed by atoms with E-state index in [0.29, 0.717) is 6.04 Å². The van der Waals surface area contributed by atoms with Gasteiger partial charge < -0.3 is 9.64 Å². The van der Waals surface area contributed by atoms with Gasteiger partial charge in [0.15, 0.2) is 0 Å². The third kappa shape index (κ3) is 1.42. The molecule has 0 fully saturated rings. The van der Waals surface area contributed by atoms with Gasteiger partial charge >= 0.3 is 0 Å². The van der Waals surface area contributed by atoms with E-state index < -0.39 is 0 Å². The first-order valence-corrected chi connectivity index (χ1v) is 4.50. The summed E-state index contributed by atoms with van der Waals surface area (Å²) in [5.41, 5.74) is 1.12. The lowest BCUT2D eigenvalue weighted by Crippen LogP contribution is -2.41. The Labute approximate surface area is 78.1 Å². The lowest BCUT2D eigenvalue weighted by atomic mass is 10.2. The molecule has 0 unspecified atom stereocenters. The molecule has 0 saturated carbocycles. The summed E-state index contributed by atoms with van der Waals surface area (Å²) < 4.78 is 7.56. The lowest BCUT2D eigenvalue weighted by Gasteiger charge is -2.29. The molecule has 2 rings (SSSR count). The Balaban J connectivity index is 2.21. The monoisotopic (exact) mass is 181 g/mol. The van der Waals surface area contributed by atoms with E-state index in [4.69, 9.17) is 4.74 Å². The molecular formula is C9H15N3O. The van der Waals surface area contributed by atoms with Gasteiger partial charge in [-0.05, 0) is 21.0 Å². The highest BCUT2D eigenvalue weighted by molar-refractivity contribution is 5.23. The third-order valence-electron chi connectivity index (χ3n) is 2.49. The summed E-state index contributed by atoms with van der Waals surface area (Å²) >= 11 is 0. The number of likely N-dealkylation sites (N-methyl/N-ethyl adjacent to an activating group) is 1. The van der Waals surface area contributed by atoms with Gasteiger partial charge in [-0.3, -0.25) is 0 Å². The van der Waals surface area contributed by atoms with Crippen LogP contribution < -0.4 is 4.74 Å². The molecule has 0 amide bonds. The molecular weight excluding hydrogens is 166 g/mol. The molecule has 0 radical (unpaired) electrons. The highest BCUT2D eigenvalue weighted by Crippen LogP contribution is 2.22. The first kappa shape index (κ1) is 8.56. The summed E-state index contributed by atoms with van der Waals surface area (Å²) in [5.74, 6) is 0.929. The molecule has 1 aromatic heterocycles. The van der Waals surface area contributed by atoms with Gasteiger partial charge in [0.2, 0.25) is 5.88 Å². The van der Waals surface area contributed by atoms with E-state index in [0.717, 1.165) is 24.6 Å². The Morgan fingerprint density at radius 3 is 3.08 bits per heavy atom. The number of hydrogen-bond acceptors (Lipinski definition) is 3. The molecule has 2 heterocycles. The van der Waals surface area contributed by atoms with E-state index in [1.54, 1.807) is 0 Å². The first-order valence-electron chi connectivity index (χ1n) is 4.50. The van der Waals surface area contributed by atoms with Crippen molar-refractivity contribution in [3.05, 3.63) is 11.8 Å². The van der Waals surface area contributed by atoms with E-state index in [2.05, 4.69) is 24.1 Å². The van der Waals surface area contributed by atoms with Crippen LogP contribution in [0.3, 0.4) is 0 Å². The van der Waals surface area contributed by atoms with Crippen LogP contribution in [-0.4, -0.2) is 41.4 Å². The fraction of sp³-hybridized carbons (Fsp3) is 0.667. The van der Waals surface area contributed by atoms with Gasteiger partial charge in [0.1, 0.15) is 6.61 Å². The van der Waals surface area contributed by atoms with Crippen molar-refractivity contribution in [3.63, 3.8) is 0 Å². The first-order chi connectivity index (χ1) is 6.18. The maximum absolute atomic E-state index is 5.63. The average Bonchev–Trinajstić information content (AvgIpc) is 2.47. The summed E-state index contributed by atoms with van der Waals surface area (Å²) in [6, 6.07) is 0.437. The van der Waals surface area contributed by atoms with E-state index in [-0.39, 0.29) is 0 Å². The summed E-state index contributed by atoms with van der Waals surface area (Å²) in [4.78, 5) is 2.17. The fourth-order valence-electron chi connectivity index (χ4n) is 1.53. The van der Waals surface area contributed by atoms with Crippen molar-refractivity contribution in [2.75, 3.05) is 20.7 Å². The van der Waals surface area contributed by atoms with Crippen molar-refractivity contribution < 1.29 is 4.74 Å². The van der Waals surface area contributed by atoms with E-state index in [9.17, 15) is 0 Å². The Morgan fingerprint density at radius 1 is 1.62 bits per heavy atom. The Kier molecular flexibility index (Phi) is 2.00. The molecule has 1 aliphatic rings. The molecule has 1 atom stereocenters. The number of nitrogens with zero attached hydrogens (tertiary/aromatic N) is 3. The van der Waals surface area contributed by atoms with Gasteiger partial charge in [0, 0.05) is 5.56 Å². The zero-order valence-electron chi connectivity index (χ0n) is 8.32. The van der Waals surface area contributed by atoms with Crippen LogP contribution in [0.5, 0.6) is 5.88 Å². The van der Waals surface area contributed by atoms with Crippen LogP contribution in [0.1, 0.15) is 5.56 Å². The number of hydrogen-bond donors (Lipinski definition) is 0. The Hall–Kier alpha value is -1.03. The summed E-state index contributed by atoms with van der Waals surface area (Å²) in [6.07, 6.45) is 1.85. The normalized spacial score (nSPS) is 21.4. The molecule has 0 aliphatic carbocycles. The predicted molar refractivity (Wildman–Crippen MR) is 49.9 cm³/mol. The van der Waals surface area contributed by atoms with Gasteiger partial charge in [0.25, 0.3) is 0 Å². The second kappa shape index (κ2) is 3.03. The smallest absolute Gasteiger partial charge is 0.214 e. The van der Waals surface area contributed by atoms with E-state index in [1.807, 2.05) is 17.8 Å². The van der Waals surface area contributed by atoms with E-state index >= 15 is 0 Å². The highest BCUT2D eigenvalue weighted by atomic mass is 16.5. The summed E-state index contributed by atoms with van der Waals surface area (Å²) in [6.45, 7) is 3.71. The highest BCUT2D eigenvalue weighted by Gasteiger charge is 2.22. The second-order valence-electron chi connectivity index (χ2n) is 3.74. The van der Waals surface area contributed by atoms with Crippen LogP contribution in [0.2, 0.25) is 0 Å². The van der Waals surface area contributed by atoms with Gasteiger partial charge in [-0.1, -0.05) is 0 Å². The van der Waals surface area contributed by atoms with Crippen molar-refractivity contribution in [1.82, 2.24) is 14.7 Å². The largest absolute Gasteiger partial charge is 0.476 e. The van der Waals surface area contributed by atoms with Crippen molar-refractivity contribution in [1.29, 1.82) is 0 Å². The maximum atomic E-state index is 5.63. The minimum Gasteiger partial charge on any atom is -0.476 e. The fourth-order valence-corrected chi connectivity index (χ4v) is 1.53. The average molecular weight is 181 g/mol. The molecule has 0 N–H and O–H groups in total. The molecule has 72 valence electrons. The quantitative estimate of drug-likeness (QED) is 0.632. The van der Waals surface area contributed by atoms with Crippen molar-refractivity contribution in [2.24, 2.45) is 0 Å². The van der Waals surface area contributed by atoms with E-state index in [1.165, 1.54) is 0 Å². The minimum atomic E-state index is 0.437. The molecule has 4 nitrogen and oxygen atoms in total. The number of rotatable bonds is 1. The second-order valence-corrected chi connectivity index (χ2v) is 3.74. The van der Waals surface area contributed by atoms with Crippen LogP contribution >= 0.6 is 0 Å². The third-order valence-corrected chi connectivity index (χ3v) is 2.49. The predicted octanol–water partition coefficient (Wildman–Crippen LogP) is 0.514. The molecule has 0 aromatic carbocycles. The molecule has 13 heavy (non-hydrogen) atoms. The minimum absolute atomic E-state index is 0.437. The van der Waals surface area contributed by atoms with Crippen molar-refractivity contribution in [2.45, 2.75) is 19.5 Å². The SMILES string of the molecule is Cc1cnn2c1OC[C@H](N(C)C)C2. The van der Waals surface area contributed by atoms with Gasteiger partial charge in [-0.25, -0.2) is 4.68 Å². The number of ether oxygens (including phenoxy) is 1. The lowest BCUT2D eigenvalue weighted by molar-refractivity contribution is 0.119. The number of aromatic nitrogens is 2. The zero-order chi connectivity index (χ0) is 9.42. The number of aryl methyl sites for hydroxylation is 1. The summed E-state index contributed by atoms with van der Waals surface area (Å²) in [5, 5.41) is 4.25. The molecule has 0 bridgehead atoms. The van der Waals surface area contributed by atoms with Crippen molar-refractivity contribution in [3.8, 4) is 5.88 Å². The molecule has 0 saturated heterocycles. The molecule has 1 aromatic rings. The van der Waals surface area contributed by atoms with Gasteiger partial charge in [-0.15, -0.1) is 0 Å². The van der Waals surface area contributed by atoms with Crippen molar-refractivity contribution >= 4 is 0 Å². The Bertz CT molecular complexity index is 306. The van der Waals surface area contributed by atoms with Crippen LogP contribution in [0.25, 0.3) is 0 Å². The molecule has 0 spiro atoms. The summed E-state index contributed by atoms with van der Waals surface area (Å²) in [7, 11) is 4.13. The standard InChI is InChI=1S/C9H15N3O/c1-7-4-10-12-5-8(11(2)3)6-13-9(7)12/h4,8H,5-6H2,1-3H3/t8-/m1/s1. The van der Waals surface area contributed by atoms with Crippen LogP contribution in [0, 0.1) is 6.92 Å².